The van der Waals surface area contributed by atoms with Gasteiger partial charge in [-0.1, -0.05) is 0 Å². The maximum Gasteiger partial charge on any atom is 0.330 e. The molecule has 13 heavy (non-hydrogen) atoms. The van der Waals surface area contributed by atoms with Crippen molar-refractivity contribution in [2.75, 3.05) is 0 Å². The quantitative estimate of drug-likeness (QED) is 0.684. The van der Waals surface area contributed by atoms with Crippen LogP contribution in [0.25, 0.3) is 10.5 Å². The van der Waals surface area contributed by atoms with Crippen LogP contribution in [0.1, 0.15) is 18.9 Å². The molecule has 0 bridgehead atoms. The summed E-state index contributed by atoms with van der Waals surface area (Å²) in [4.78, 5) is 16.9. The second-order valence-electron chi connectivity index (χ2n) is 3.42. The number of aryl methyl sites for hydroxylation is 1. The predicted molar refractivity (Wildman–Crippen MR) is 51.1 cm³/mol. The zero-order chi connectivity index (χ0) is 9.00. The lowest BCUT2D eigenvalue weighted by atomic mass is 10.6. The second kappa shape index (κ2) is 2.23. The van der Waals surface area contributed by atoms with E-state index in [1.807, 2.05) is 11.6 Å². The summed E-state index contributed by atoms with van der Waals surface area (Å²) in [6.07, 6.45) is 2.24. The molecule has 0 spiro atoms. The smallest absolute Gasteiger partial charge is 0.285 e. The summed E-state index contributed by atoms with van der Waals surface area (Å²) in [5, 5.41) is 0. The molecule has 0 aromatic carbocycles. The van der Waals surface area contributed by atoms with Gasteiger partial charge in [0, 0.05) is 13.1 Å². The van der Waals surface area contributed by atoms with E-state index in [2.05, 4.69) is 4.98 Å². The highest BCUT2D eigenvalue weighted by atomic mass is 32.1. The van der Waals surface area contributed by atoms with Crippen LogP contribution in [0.5, 0.6) is 0 Å². The molecule has 5 heteroatoms. The third-order valence-corrected chi connectivity index (χ3v) is 3.36. The van der Waals surface area contributed by atoms with Crippen LogP contribution < -0.4 is 5.69 Å². The summed E-state index contributed by atoms with van der Waals surface area (Å²) < 4.78 is 3.51. The molecule has 1 fully saturated rings. The van der Waals surface area contributed by atoms with Crippen molar-refractivity contribution in [2.45, 2.75) is 18.9 Å². The number of hydrogen-bond acceptors (Lipinski definition) is 3. The van der Waals surface area contributed by atoms with E-state index in [4.69, 9.17) is 0 Å². The highest BCUT2D eigenvalue weighted by Gasteiger charge is 2.29. The first-order chi connectivity index (χ1) is 6.29. The Morgan fingerprint density at radius 3 is 3.08 bits per heavy atom. The Labute approximate surface area is 78.4 Å². The molecule has 2 aromatic heterocycles. The number of thiazole rings is 1. The fraction of sp³-hybridized carbons (Fsp3) is 0.500. The minimum absolute atomic E-state index is 0.0804. The molecule has 0 aliphatic heterocycles. The van der Waals surface area contributed by atoms with Crippen molar-refractivity contribution in [1.29, 1.82) is 0 Å². The van der Waals surface area contributed by atoms with Gasteiger partial charge in [-0.3, -0.25) is 9.13 Å². The molecule has 0 amide bonds. The van der Waals surface area contributed by atoms with E-state index in [-0.39, 0.29) is 5.69 Å². The van der Waals surface area contributed by atoms with Gasteiger partial charge in [0.2, 0.25) is 0 Å². The summed E-state index contributed by atoms with van der Waals surface area (Å²) in [7, 11) is 1.81. The lowest BCUT2D eigenvalue weighted by Crippen LogP contribution is -2.21. The normalized spacial score (nSPS) is 17.0. The van der Waals surface area contributed by atoms with Gasteiger partial charge in [0.05, 0.1) is 5.51 Å². The fourth-order valence-corrected chi connectivity index (χ4v) is 2.37. The van der Waals surface area contributed by atoms with Gasteiger partial charge in [-0.2, -0.15) is 0 Å². The van der Waals surface area contributed by atoms with Crippen molar-refractivity contribution < 1.29 is 0 Å². The van der Waals surface area contributed by atoms with E-state index < -0.39 is 0 Å². The zero-order valence-electron chi connectivity index (χ0n) is 7.23. The van der Waals surface area contributed by atoms with Crippen LogP contribution in [0.4, 0.5) is 0 Å². The molecule has 0 unspecified atom stereocenters. The van der Waals surface area contributed by atoms with E-state index in [0.717, 1.165) is 23.3 Å². The van der Waals surface area contributed by atoms with Crippen LogP contribution in [-0.2, 0) is 7.05 Å². The molecular formula is C8H9N3OS. The molecule has 4 nitrogen and oxygen atoms in total. The molecule has 1 saturated carbocycles. The topological polar surface area (TPSA) is 39.8 Å². The van der Waals surface area contributed by atoms with Crippen molar-refractivity contribution in [3.8, 4) is 0 Å². The summed E-state index contributed by atoms with van der Waals surface area (Å²) >= 11 is 1.53. The first-order valence-electron chi connectivity index (χ1n) is 4.29. The number of aromatic nitrogens is 3. The first-order valence-corrected chi connectivity index (χ1v) is 5.17. The average Bonchev–Trinajstić information content (AvgIpc) is 2.77. The predicted octanol–water partition coefficient (Wildman–Crippen LogP) is 1.13. The molecule has 1 aliphatic carbocycles. The number of hydrogen-bond donors (Lipinski definition) is 0. The van der Waals surface area contributed by atoms with E-state index in [1.165, 1.54) is 11.3 Å². The van der Waals surface area contributed by atoms with Crippen LogP contribution in [0.15, 0.2) is 10.3 Å². The molecular weight excluding hydrogens is 186 g/mol. The molecule has 0 saturated heterocycles. The molecule has 1 aliphatic rings. The molecule has 0 radical (unpaired) electrons. The van der Waals surface area contributed by atoms with Crippen LogP contribution in [0, 0.1) is 0 Å². The molecule has 68 valence electrons. The van der Waals surface area contributed by atoms with Crippen LogP contribution in [0.3, 0.4) is 0 Å². The van der Waals surface area contributed by atoms with Crippen molar-refractivity contribution in [3.63, 3.8) is 0 Å². The van der Waals surface area contributed by atoms with Gasteiger partial charge in [0.1, 0.15) is 4.83 Å². The Morgan fingerprint density at radius 1 is 1.62 bits per heavy atom. The summed E-state index contributed by atoms with van der Waals surface area (Å²) in [6, 6.07) is 0.415. The van der Waals surface area contributed by atoms with Gasteiger partial charge in [-0.15, -0.1) is 11.3 Å². The summed E-state index contributed by atoms with van der Waals surface area (Å²) in [5.74, 6) is 0. The standard InChI is InChI=1S/C8H9N3OS/c1-10-7-6(9-4-13-7)11(8(10)12)5-2-3-5/h4-5H,2-3H2,1H3. The molecule has 3 rings (SSSR count). The number of fused-ring (bicyclic) bond motifs is 1. The Balaban J connectivity index is 2.46. The minimum atomic E-state index is 0.0804. The second-order valence-corrected chi connectivity index (χ2v) is 4.26. The lowest BCUT2D eigenvalue weighted by molar-refractivity contribution is 0.691. The van der Waals surface area contributed by atoms with Gasteiger partial charge in [-0.05, 0) is 12.8 Å². The maximum atomic E-state index is 11.7. The Bertz CT molecular complexity index is 517. The van der Waals surface area contributed by atoms with Gasteiger partial charge < -0.3 is 0 Å². The average molecular weight is 195 g/mol. The lowest BCUT2D eigenvalue weighted by Gasteiger charge is -1.94. The van der Waals surface area contributed by atoms with Crippen LogP contribution in [0.2, 0.25) is 0 Å². The number of nitrogens with zero attached hydrogens (tertiary/aromatic N) is 3. The Morgan fingerprint density at radius 2 is 2.38 bits per heavy atom. The van der Waals surface area contributed by atoms with E-state index >= 15 is 0 Å². The highest BCUT2D eigenvalue weighted by molar-refractivity contribution is 7.16. The third kappa shape index (κ3) is 0.848. The molecule has 2 aromatic rings. The molecule has 0 N–H and O–H groups in total. The monoisotopic (exact) mass is 195 g/mol. The fourth-order valence-electron chi connectivity index (χ4n) is 1.63. The van der Waals surface area contributed by atoms with Gasteiger partial charge >= 0.3 is 5.69 Å². The highest BCUT2D eigenvalue weighted by Crippen LogP contribution is 2.36. The van der Waals surface area contributed by atoms with Crippen LogP contribution in [-0.4, -0.2) is 14.1 Å². The zero-order valence-corrected chi connectivity index (χ0v) is 8.04. The first kappa shape index (κ1) is 7.32. The Hall–Kier alpha value is -1.10. The molecule has 2 heterocycles. The van der Waals surface area contributed by atoms with Crippen LogP contribution >= 0.6 is 11.3 Å². The minimum Gasteiger partial charge on any atom is -0.285 e. The number of rotatable bonds is 1. The van der Waals surface area contributed by atoms with Gasteiger partial charge in [-0.25, -0.2) is 9.78 Å². The number of imidazole rings is 1. The van der Waals surface area contributed by atoms with Gasteiger partial charge in [0.25, 0.3) is 0 Å². The third-order valence-electron chi connectivity index (χ3n) is 2.47. The van der Waals surface area contributed by atoms with Crippen molar-refractivity contribution >= 4 is 21.8 Å². The van der Waals surface area contributed by atoms with E-state index in [9.17, 15) is 4.79 Å². The summed E-state index contributed by atoms with van der Waals surface area (Å²) in [6.45, 7) is 0. The van der Waals surface area contributed by atoms with Crippen molar-refractivity contribution in [3.05, 3.63) is 16.0 Å². The largest absolute Gasteiger partial charge is 0.330 e. The van der Waals surface area contributed by atoms with Crippen molar-refractivity contribution in [2.24, 2.45) is 7.05 Å². The van der Waals surface area contributed by atoms with E-state index in [0.29, 0.717) is 6.04 Å². The van der Waals surface area contributed by atoms with Gasteiger partial charge in [0.15, 0.2) is 5.65 Å². The molecule has 0 atom stereocenters. The SMILES string of the molecule is Cn1c(=O)n(C2CC2)c2ncsc21. The summed E-state index contributed by atoms with van der Waals surface area (Å²) in [5.41, 5.74) is 2.74. The van der Waals surface area contributed by atoms with E-state index in [1.54, 1.807) is 10.1 Å². The van der Waals surface area contributed by atoms with Crippen molar-refractivity contribution in [1.82, 2.24) is 14.1 Å². The maximum absolute atomic E-state index is 11.7. The Kier molecular flexibility index (Phi) is 1.25.